The number of hydrogen-bond donors (Lipinski definition) is 2. The zero-order valence-corrected chi connectivity index (χ0v) is 12.9. The van der Waals surface area contributed by atoms with E-state index in [9.17, 15) is 10.2 Å². The van der Waals surface area contributed by atoms with E-state index < -0.39 is 6.10 Å². The lowest BCUT2D eigenvalue weighted by molar-refractivity contribution is 0.0262. The zero-order chi connectivity index (χ0) is 13.8. The van der Waals surface area contributed by atoms with Crippen molar-refractivity contribution in [3.63, 3.8) is 0 Å². The van der Waals surface area contributed by atoms with Gasteiger partial charge in [0.25, 0.3) is 0 Å². The van der Waals surface area contributed by atoms with Crippen molar-refractivity contribution in [3.8, 4) is 0 Å². The minimum absolute atomic E-state index is 0.0781. The Balaban J connectivity index is 1.72. The fourth-order valence-electron chi connectivity index (χ4n) is 2.60. The number of rotatable bonds is 6. The van der Waals surface area contributed by atoms with E-state index in [-0.39, 0.29) is 6.10 Å². The molecule has 1 fully saturated rings. The van der Waals surface area contributed by atoms with Gasteiger partial charge in [0.2, 0.25) is 0 Å². The predicted molar refractivity (Wildman–Crippen MR) is 79.9 cm³/mol. The Morgan fingerprint density at radius 2 is 2.16 bits per heavy atom. The van der Waals surface area contributed by atoms with Crippen molar-refractivity contribution in [2.24, 2.45) is 5.92 Å². The number of halogens is 1. The van der Waals surface area contributed by atoms with E-state index in [0.717, 1.165) is 42.4 Å². The van der Waals surface area contributed by atoms with Crippen molar-refractivity contribution >= 4 is 15.9 Å². The van der Waals surface area contributed by atoms with Gasteiger partial charge in [-0.2, -0.15) is 0 Å². The van der Waals surface area contributed by atoms with Gasteiger partial charge >= 0.3 is 0 Å². The summed E-state index contributed by atoms with van der Waals surface area (Å²) in [5.74, 6) is 0.628. The molecule has 0 aromatic heterocycles. The van der Waals surface area contributed by atoms with Crippen molar-refractivity contribution in [1.82, 2.24) is 4.90 Å². The fourth-order valence-corrected chi connectivity index (χ4v) is 3.02. The van der Waals surface area contributed by atoms with E-state index in [1.807, 2.05) is 24.3 Å². The molecule has 3 nitrogen and oxygen atoms in total. The Morgan fingerprint density at radius 1 is 1.42 bits per heavy atom. The molecule has 1 unspecified atom stereocenters. The molecule has 0 spiro atoms. The van der Waals surface area contributed by atoms with Crippen LogP contribution in [0.3, 0.4) is 0 Å². The van der Waals surface area contributed by atoms with Crippen LogP contribution in [0.5, 0.6) is 0 Å². The van der Waals surface area contributed by atoms with Crippen LogP contribution in [0.1, 0.15) is 30.9 Å². The molecule has 0 saturated heterocycles. The van der Waals surface area contributed by atoms with Gasteiger partial charge in [-0.05, 0) is 49.9 Å². The molecule has 2 rings (SSSR count). The molecule has 0 heterocycles. The average molecular weight is 328 g/mol. The van der Waals surface area contributed by atoms with Crippen molar-refractivity contribution in [2.75, 3.05) is 20.1 Å². The topological polar surface area (TPSA) is 43.7 Å². The van der Waals surface area contributed by atoms with E-state index in [2.05, 4.69) is 27.9 Å². The van der Waals surface area contributed by atoms with Gasteiger partial charge in [0.05, 0.1) is 12.2 Å². The second-order valence-corrected chi connectivity index (χ2v) is 6.53. The first-order chi connectivity index (χ1) is 9.04. The molecule has 19 heavy (non-hydrogen) atoms. The second kappa shape index (κ2) is 6.84. The summed E-state index contributed by atoms with van der Waals surface area (Å²) in [5.41, 5.74) is 0.960. The molecule has 0 aliphatic heterocycles. The summed E-state index contributed by atoms with van der Waals surface area (Å²) in [6.07, 6.45) is 2.11. The number of nitrogens with zero attached hydrogens (tertiary/aromatic N) is 1. The number of aliphatic hydroxyl groups is 2. The van der Waals surface area contributed by atoms with Gasteiger partial charge in [-0.1, -0.05) is 28.1 Å². The highest BCUT2D eigenvalue weighted by molar-refractivity contribution is 9.10. The third-order valence-electron chi connectivity index (χ3n) is 3.80. The van der Waals surface area contributed by atoms with Crippen molar-refractivity contribution in [3.05, 3.63) is 34.3 Å². The highest BCUT2D eigenvalue weighted by Gasteiger charge is 2.27. The number of hydrogen-bond acceptors (Lipinski definition) is 3. The molecule has 1 aromatic rings. The molecule has 2 N–H and O–H groups in total. The molecular weight excluding hydrogens is 306 g/mol. The summed E-state index contributed by atoms with van der Waals surface area (Å²) < 4.78 is 1.00. The maximum atomic E-state index is 10.2. The van der Waals surface area contributed by atoms with Gasteiger partial charge in [0.1, 0.15) is 0 Å². The van der Waals surface area contributed by atoms with Crippen LogP contribution in [0, 0.1) is 5.92 Å². The van der Waals surface area contributed by atoms with Crippen LogP contribution in [0.4, 0.5) is 0 Å². The van der Waals surface area contributed by atoms with Crippen molar-refractivity contribution in [2.45, 2.75) is 31.5 Å². The lowest BCUT2D eigenvalue weighted by atomic mass is 9.82. The Morgan fingerprint density at radius 3 is 2.79 bits per heavy atom. The van der Waals surface area contributed by atoms with Crippen molar-refractivity contribution in [1.29, 1.82) is 0 Å². The Hall–Kier alpha value is -0.420. The van der Waals surface area contributed by atoms with Gasteiger partial charge in [-0.25, -0.2) is 0 Å². The fraction of sp³-hybridized carbons (Fsp3) is 0.600. The van der Waals surface area contributed by atoms with Crippen LogP contribution in [0.15, 0.2) is 28.7 Å². The molecule has 106 valence electrons. The summed E-state index contributed by atoms with van der Waals surface area (Å²) in [7, 11) is 2.08. The highest BCUT2D eigenvalue weighted by Crippen LogP contribution is 2.28. The first-order valence-corrected chi connectivity index (χ1v) is 7.64. The molecule has 1 atom stereocenters. The van der Waals surface area contributed by atoms with Gasteiger partial charge in [-0.15, -0.1) is 0 Å². The number of benzene rings is 1. The molecule has 0 bridgehead atoms. The maximum Gasteiger partial charge on any atom is 0.0802 e. The molecule has 1 aliphatic carbocycles. The van der Waals surface area contributed by atoms with Crippen LogP contribution in [-0.2, 0) is 0 Å². The van der Waals surface area contributed by atoms with E-state index in [1.165, 1.54) is 0 Å². The molecule has 1 aromatic carbocycles. The standard InChI is InChI=1S/C15H22BrNO2/c1-17(10-11-7-14(18)8-11)6-5-15(19)12-3-2-4-13(16)9-12/h2-4,9,11,14-15,18-19H,5-8,10H2,1H3. The van der Waals surface area contributed by atoms with E-state index >= 15 is 0 Å². The number of aliphatic hydroxyl groups excluding tert-OH is 2. The smallest absolute Gasteiger partial charge is 0.0802 e. The quantitative estimate of drug-likeness (QED) is 0.844. The van der Waals surface area contributed by atoms with E-state index in [1.54, 1.807) is 0 Å². The molecule has 1 aliphatic rings. The Kier molecular flexibility index (Phi) is 5.39. The van der Waals surface area contributed by atoms with E-state index in [4.69, 9.17) is 0 Å². The van der Waals surface area contributed by atoms with Gasteiger partial charge in [0, 0.05) is 17.6 Å². The molecule has 0 radical (unpaired) electrons. The lowest BCUT2D eigenvalue weighted by Gasteiger charge is -2.34. The normalized spacial score (nSPS) is 24.3. The summed E-state index contributed by atoms with van der Waals surface area (Å²) in [6, 6.07) is 7.83. The molecule has 0 amide bonds. The largest absolute Gasteiger partial charge is 0.393 e. The predicted octanol–water partition coefficient (Wildman–Crippen LogP) is 2.58. The minimum Gasteiger partial charge on any atom is -0.393 e. The third-order valence-corrected chi connectivity index (χ3v) is 4.29. The van der Waals surface area contributed by atoms with Crippen LogP contribution >= 0.6 is 15.9 Å². The van der Waals surface area contributed by atoms with Crippen molar-refractivity contribution < 1.29 is 10.2 Å². The molecule has 1 saturated carbocycles. The first kappa shape index (κ1) is 15.0. The van der Waals surface area contributed by atoms with Gasteiger partial charge in [0.15, 0.2) is 0 Å². The van der Waals surface area contributed by atoms with Gasteiger partial charge < -0.3 is 15.1 Å². The van der Waals surface area contributed by atoms with Crippen LogP contribution < -0.4 is 0 Å². The minimum atomic E-state index is -0.410. The monoisotopic (exact) mass is 327 g/mol. The van der Waals surface area contributed by atoms with E-state index in [0.29, 0.717) is 5.92 Å². The van der Waals surface area contributed by atoms with Crippen LogP contribution in [0.2, 0.25) is 0 Å². The summed E-state index contributed by atoms with van der Waals surface area (Å²) in [5, 5.41) is 19.4. The van der Waals surface area contributed by atoms with Gasteiger partial charge in [-0.3, -0.25) is 0 Å². The lowest BCUT2D eigenvalue weighted by Crippen LogP contribution is -2.37. The Labute approximate surface area is 123 Å². The first-order valence-electron chi connectivity index (χ1n) is 6.84. The SMILES string of the molecule is CN(CCC(O)c1cccc(Br)c1)CC1CC(O)C1. The zero-order valence-electron chi connectivity index (χ0n) is 11.3. The highest BCUT2D eigenvalue weighted by atomic mass is 79.9. The third kappa shape index (κ3) is 4.56. The second-order valence-electron chi connectivity index (χ2n) is 5.61. The summed E-state index contributed by atoms with van der Waals surface area (Å²) in [6.45, 7) is 1.89. The molecular formula is C15H22BrNO2. The average Bonchev–Trinajstić information content (AvgIpc) is 2.34. The maximum absolute atomic E-state index is 10.2. The summed E-state index contributed by atoms with van der Waals surface area (Å²) >= 11 is 3.42. The molecule has 4 heteroatoms. The van der Waals surface area contributed by atoms with Crippen LogP contribution in [-0.4, -0.2) is 41.4 Å². The van der Waals surface area contributed by atoms with Crippen LogP contribution in [0.25, 0.3) is 0 Å². The Bertz CT molecular complexity index is 407. The summed E-state index contributed by atoms with van der Waals surface area (Å²) in [4.78, 5) is 2.25.